The minimum absolute atomic E-state index is 0.0748. The number of amides is 2. The van der Waals surface area contributed by atoms with Crippen LogP contribution in [0.15, 0.2) is 30.0 Å². The number of benzene rings is 1. The van der Waals surface area contributed by atoms with Crippen molar-refractivity contribution in [3.63, 3.8) is 0 Å². The third-order valence-electron chi connectivity index (χ3n) is 6.57. The van der Waals surface area contributed by atoms with Crippen LogP contribution in [0.5, 0.6) is 0 Å². The van der Waals surface area contributed by atoms with E-state index < -0.39 is 0 Å². The summed E-state index contributed by atoms with van der Waals surface area (Å²) in [5, 5.41) is 6.72. The second kappa shape index (κ2) is 10.5. The lowest BCUT2D eigenvalue weighted by Crippen LogP contribution is -2.54. The van der Waals surface area contributed by atoms with Crippen molar-refractivity contribution in [1.82, 2.24) is 15.5 Å². The number of ether oxygens (including phenoxy) is 1. The van der Waals surface area contributed by atoms with Crippen LogP contribution in [-0.4, -0.2) is 55.0 Å². The van der Waals surface area contributed by atoms with Gasteiger partial charge in [-0.25, -0.2) is 0 Å². The summed E-state index contributed by atoms with van der Waals surface area (Å²) in [7, 11) is 0. The van der Waals surface area contributed by atoms with Gasteiger partial charge in [-0.2, -0.15) is 0 Å². The summed E-state index contributed by atoms with van der Waals surface area (Å²) in [6.45, 7) is 4.14. The number of morpholine rings is 1. The van der Waals surface area contributed by atoms with Gasteiger partial charge in [0, 0.05) is 17.5 Å². The summed E-state index contributed by atoms with van der Waals surface area (Å²) in [5.41, 5.74) is 0.755. The summed E-state index contributed by atoms with van der Waals surface area (Å²) < 4.78 is 6.01. The number of carbonyl (C=O) groups excluding carboxylic acids is 2. The second-order valence-corrected chi connectivity index (χ2v) is 9.23. The molecule has 6 nitrogen and oxygen atoms in total. The maximum atomic E-state index is 12.6. The molecule has 4 rings (SSSR count). The predicted molar refractivity (Wildman–Crippen MR) is 121 cm³/mol. The van der Waals surface area contributed by atoms with Crippen LogP contribution in [0, 0.1) is 5.92 Å². The Labute approximate surface area is 189 Å². The molecule has 3 unspecified atom stereocenters. The summed E-state index contributed by atoms with van der Waals surface area (Å²) >= 11 is 6.20. The number of rotatable bonds is 6. The molecule has 168 valence electrons. The fourth-order valence-electron chi connectivity index (χ4n) is 4.80. The average molecular weight is 446 g/mol. The molecule has 3 fully saturated rings. The van der Waals surface area contributed by atoms with Crippen molar-refractivity contribution in [2.45, 2.75) is 57.1 Å². The van der Waals surface area contributed by atoms with E-state index in [1.54, 1.807) is 12.1 Å². The molecule has 1 aromatic carbocycles. The average Bonchev–Trinajstić information content (AvgIpc) is 2.79. The third kappa shape index (κ3) is 5.80. The monoisotopic (exact) mass is 445 g/mol. The second-order valence-electron chi connectivity index (χ2n) is 8.82. The fraction of sp³-hybridized carbons (Fsp3) is 0.583. The van der Waals surface area contributed by atoms with Crippen LogP contribution >= 0.6 is 11.6 Å². The summed E-state index contributed by atoms with van der Waals surface area (Å²) in [6.07, 6.45) is 8.64. The number of nitrogens with one attached hydrogen (secondary N) is 2. The highest BCUT2D eigenvalue weighted by molar-refractivity contribution is 6.32. The summed E-state index contributed by atoms with van der Waals surface area (Å²) in [4.78, 5) is 27.7. The van der Waals surface area contributed by atoms with Crippen molar-refractivity contribution in [3.05, 3.63) is 40.6 Å². The number of hydrogen-bond acceptors (Lipinski definition) is 4. The number of hydrogen-bond donors (Lipinski definition) is 2. The maximum Gasteiger partial charge on any atom is 0.286 e. The van der Waals surface area contributed by atoms with Crippen LogP contribution in [0.4, 0.5) is 0 Å². The highest BCUT2D eigenvalue weighted by Crippen LogP contribution is 2.32. The van der Waals surface area contributed by atoms with Crippen molar-refractivity contribution in [2.24, 2.45) is 5.92 Å². The Kier molecular flexibility index (Phi) is 7.51. The van der Waals surface area contributed by atoms with E-state index in [0.29, 0.717) is 18.0 Å². The van der Waals surface area contributed by atoms with E-state index in [9.17, 15) is 9.59 Å². The molecule has 2 amide bonds. The first kappa shape index (κ1) is 22.2. The van der Waals surface area contributed by atoms with Crippen molar-refractivity contribution in [2.75, 3.05) is 26.2 Å². The van der Waals surface area contributed by atoms with Gasteiger partial charge in [0.1, 0.15) is 6.10 Å². The Morgan fingerprint density at radius 3 is 2.84 bits per heavy atom. The number of likely N-dealkylation sites (tertiary alicyclic amines) is 1. The van der Waals surface area contributed by atoms with Gasteiger partial charge in [0.15, 0.2) is 5.76 Å². The lowest BCUT2D eigenvalue weighted by molar-refractivity contribution is -0.134. The lowest BCUT2D eigenvalue weighted by Gasteiger charge is -2.39. The van der Waals surface area contributed by atoms with E-state index in [-0.39, 0.29) is 35.6 Å². The number of carbonyl (C=O) groups is 2. The largest absolute Gasteiger partial charge is 0.483 e. The molecule has 0 radical (unpaired) electrons. The number of piperidine rings is 1. The van der Waals surface area contributed by atoms with Gasteiger partial charge in [-0.1, -0.05) is 36.2 Å². The predicted octanol–water partition coefficient (Wildman–Crippen LogP) is 3.36. The van der Waals surface area contributed by atoms with Crippen LogP contribution in [0.1, 0.15) is 50.5 Å². The molecular formula is C24H32ClN3O3. The highest BCUT2D eigenvalue weighted by Gasteiger charge is 2.40. The van der Waals surface area contributed by atoms with E-state index in [4.69, 9.17) is 16.3 Å². The van der Waals surface area contributed by atoms with E-state index in [1.807, 2.05) is 18.2 Å². The fourth-order valence-corrected chi connectivity index (χ4v) is 4.99. The van der Waals surface area contributed by atoms with E-state index in [2.05, 4.69) is 15.5 Å². The Hall–Kier alpha value is -2.05. The number of fused-ring (bicyclic) bond motifs is 1. The molecule has 0 spiro atoms. The Bertz CT molecular complexity index is 822. The van der Waals surface area contributed by atoms with Gasteiger partial charge < -0.3 is 20.3 Å². The van der Waals surface area contributed by atoms with Gasteiger partial charge in [-0.3, -0.25) is 9.59 Å². The SMILES string of the molecule is O=C1NC2CC(C(=O)NCCCN3CCCCC3)CCC2O/C1=C/c1ccccc1Cl. The van der Waals surface area contributed by atoms with Gasteiger partial charge >= 0.3 is 0 Å². The van der Waals surface area contributed by atoms with Crippen molar-refractivity contribution < 1.29 is 14.3 Å². The zero-order valence-electron chi connectivity index (χ0n) is 17.9. The van der Waals surface area contributed by atoms with Crippen LogP contribution in [-0.2, 0) is 14.3 Å². The molecule has 3 aliphatic rings. The zero-order chi connectivity index (χ0) is 21.6. The van der Waals surface area contributed by atoms with Crippen LogP contribution in [0.25, 0.3) is 6.08 Å². The Balaban J connectivity index is 1.24. The molecular weight excluding hydrogens is 414 g/mol. The molecule has 0 bridgehead atoms. The van der Waals surface area contributed by atoms with Crippen LogP contribution in [0.3, 0.4) is 0 Å². The molecule has 3 atom stereocenters. The van der Waals surface area contributed by atoms with Gasteiger partial charge in [-0.15, -0.1) is 0 Å². The normalized spacial score (nSPS) is 27.8. The molecule has 2 heterocycles. The molecule has 2 saturated heterocycles. The highest BCUT2D eigenvalue weighted by atomic mass is 35.5. The van der Waals surface area contributed by atoms with Crippen molar-refractivity contribution in [1.29, 1.82) is 0 Å². The molecule has 1 aromatic rings. The summed E-state index contributed by atoms with van der Waals surface area (Å²) in [5.74, 6) is 0.0664. The van der Waals surface area contributed by atoms with Gasteiger partial charge in [0.05, 0.1) is 6.04 Å². The quantitative estimate of drug-likeness (QED) is 0.520. The Morgan fingerprint density at radius 2 is 2.03 bits per heavy atom. The zero-order valence-corrected chi connectivity index (χ0v) is 18.7. The van der Waals surface area contributed by atoms with E-state index in [1.165, 1.54) is 32.4 Å². The first-order chi connectivity index (χ1) is 15.1. The van der Waals surface area contributed by atoms with Gasteiger partial charge in [-0.05, 0) is 75.9 Å². The van der Waals surface area contributed by atoms with Crippen LogP contribution < -0.4 is 10.6 Å². The maximum absolute atomic E-state index is 12.6. The Morgan fingerprint density at radius 1 is 1.23 bits per heavy atom. The molecule has 0 aromatic heterocycles. The van der Waals surface area contributed by atoms with E-state index in [0.717, 1.165) is 31.4 Å². The smallest absolute Gasteiger partial charge is 0.286 e. The molecule has 2 N–H and O–H groups in total. The molecule has 1 aliphatic carbocycles. The van der Waals surface area contributed by atoms with Gasteiger partial charge in [0.2, 0.25) is 5.91 Å². The molecule has 7 heteroatoms. The first-order valence-electron chi connectivity index (χ1n) is 11.5. The van der Waals surface area contributed by atoms with Crippen LogP contribution in [0.2, 0.25) is 5.02 Å². The lowest BCUT2D eigenvalue weighted by atomic mass is 9.82. The van der Waals surface area contributed by atoms with Crippen molar-refractivity contribution >= 4 is 29.5 Å². The standard InChI is InChI=1S/C24H32ClN3O3/c25-19-8-3-2-7-17(19)16-22-24(30)27-20-15-18(9-10-21(20)31-22)23(29)26-11-6-14-28-12-4-1-5-13-28/h2-3,7-8,16,18,20-21H,1,4-6,9-15H2,(H,26,29)(H,27,30)/b22-16+. The topological polar surface area (TPSA) is 70.7 Å². The molecule has 1 saturated carbocycles. The minimum atomic E-state index is -0.247. The van der Waals surface area contributed by atoms with Gasteiger partial charge in [0.25, 0.3) is 5.91 Å². The molecule has 31 heavy (non-hydrogen) atoms. The molecule has 2 aliphatic heterocycles. The van der Waals surface area contributed by atoms with E-state index >= 15 is 0 Å². The number of halogens is 1. The summed E-state index contributed by atoms with van der Waals surface area (Å²) in [6, 6.07) is 7.23. The minimum Gasteiger partial charge on any atom is -0.483 e. The van der Waals surface area contributed by atoms with Crippen molar-refractivity contribution in [3.8, 4) is 0 Å². The first-order valence-corrected chi connectivity index (χ1v) is 11.9. The third-order valence-corrected chi connectivity index (χ3v) is 6.91. The number of nitrogens with zero attached hydrogens (tertiary/aromatic N) is 1.